The van der Waals surface area contributed by atoms with E-state index in [-0.39, 0.29) is 11.7 Å². The van der Waals surface area contributed by atoms with Gasteiger partial charge in [0.05, 0.1) is 18.1 Å². The van der Waals surface area contributed by atoms with Gasteiger partial charge in [-0.1, -0.05) is 12.1 Å². The van der Waals surface area contributed by atoms with Gasteiger partial charge in [-0.3, -0.25) is 9.78 Å². The fourth-order valence-corrected chi connectivity index (χ4v) is 2.92. The molecule has 0 bridgehead atoms. The molecule has 2 aromatic carbocycles. The first-order valence-electron chi connectivity index (χ1n) is 9.06. The fraction of sp³-hybridized carbons (Fsp3) is 0.0952. The largest absolute Gasteiger partial charge is 0.437 e. The number of carbonyl (C=O) groups is 1. The van der Waals surface area contributed by atoms with Crippen LogP contribution in [0.25, 0.3) is 22.7 Å². The van der Waals surface area contributed by atoms with Crippen LogP contribution >= 0.6 is 0 Å². The molecule has 0 fully saturated rings. The lowest BCUT2D eigenvalue weighted by molar-refractivity contribution is 0.101. The van der Waals surface area contributed by atoms with Gasteiger partial charge in [0.2, 0.25) is 5.89 Å². The maximum absolute atomic E-state index is 13.8. The van der Waals surface area contributed by atoms with Gasteiger partial charge in [-0.05, 0) is 36.8 Å². The lowest BCUT2D eigenvalue weighted by Crippen LogP contribution is -2.16. The average molecular weight is 423 g/mol. The molecule has 0 radical (unpaired) electrons. The second-order valence-corrected chi connectivity index (χ2v) is 6.66. The predicted octanol–water partition coefficient (Wildman–Crippen LogP) is 3.34. The first-order valence-corrected chi connectivity index (χ1v) is 9.06. The van der Waals surface area contributed by atoms with Gasteiger partial charge >= 0.3 is 5.76 Å². The maximum Gasteiger partial charge on any atom is 0.437 e. The van der Waals surface area contributed by atoms with Crippen molar-refractivity contribution in [2.24, 2.45) is 7.05 Å². The topological polar surface area (TPSA) is 103 Å². The van der Waals surface area contributed by atoms with Crippen molar-refractivity contribution >= 4 is 11.7 Å². The molecule has 0 spiro atoms. The van der Waals surface area contributed by atoms with E-state index in [1.54, 1.807) is 12.1 Å². The minimum absolute atomic E-state index is 0.0286. The number of benzene rings is 2. The molecule has 0 aliphatic carbocycles. The Hall–Kier alpha value is -4.21. The lowest BCUT2D eigenvalue weighted by Gasteiger charge is -2.09. The summed E-state index contributed by atoms with van der Waals surface area (Å²) in [4.78, 5) is 32.1. The highest BCUT2D eigenvalue weighted by atomic mass is 19.1. The van der Waals surface area contributed by atoms with E-state index in [2.05, 4.69) is 20.4 Å². The molecule has 0 saturated heterocycles. The molecule has 31 heavy (non-hydrogen) atoms. The summed E-state index contributed by atoms with van der Waals surface area (Å²) < 4.78 is 33.7. The first-order chi connectivity index (χ1) is 14.8. The molecule has 0 unspecified atom stereocenters. The molecule has 2 aromatic heterocycles. The summed E-state index contributed by atoms with van der Waals surface area (Å²) in [6.45, 7) is 1.87. The molecule has 1 N–H and O–H groups in total. The van der Waals surface area contributed by atoms with E-state index in [0.29, 0.717) is 16.8 Å². The summed E-state index contributed by atoms with van der Waals surface area (Å²) in [5.41, 5.74) is 1.94. The molecular weight excluding hydrogens is 408 g/mol. The van der Waals surface area contributed by atoms with E-state index < -0.39 is 28.9 Å². The first kappa shape index (κ1) is 20.1. The third kappa shape index (κ3) is 3.95. The lowest BCUT2D eigenvalue weighted by atomic mass is 10.0. The van der Waals surface area contributed by atoms with Crippen molar-refractivity contribution < 1.29 is 18.0 Å². The van der Waals surface area contributed by atoms with E-state index in [9.17, 15) is 18.4 Å². The highest BCUT2D eigenvalue weighted by Crippen LogP contribution is 2.27. The van der Waals surface area contributed by atoms with Gasteiger partial charge in [-0.2, -0.15) is 4.68 Å². The number of hydrogen-bond donors (Lipinski definition) is 1. The predicted molar refractivity (Wildman–Crippen MR) is 107 cm³/mol. The van der Waals surface area contributed by atoms with E-state index in [4.69, 9.17) is 4.42 Å². The second kappa shape index (κ2) is 7.90. The Kier molecular flexibility index (Phi) is 5.12. The monoisotopic (exact) mass is 423 g/mol. The summed E-state index contributed by atoms with van der Waals surface area (Å²) >= 11 is 0. The molecule has 1 amide bonds. The molecule has 0 aliphatic heterocycles. The Bertz CT molecular complexity index is 1330. The van der Waals surface area contributed by atoms with Crippen LogP contribution in [0.1, 0.15) is 15.9 Å². The Morgan fingerprint density at radius 3 is 2.45 bits per heavy atom. The number of aromatic nitrogens is 4. The molecule has 0 saturated carbocycles. The third-order valence-corrected chi connectivity index (χ3v) is 4.53. The number of halogens is 2. The van der Waals surface area contributed by atoms with Crippen LogP contribution in [0.15, 0.2) is 58.0 Å². The van der Waals surface area contributed by atoms with Crippen LogP contribution in [0.5, 0.6) is 0 Å². The van der Waals surface area contributed by atoms with Crippen LogP contribution in [0, 0.1) is 18.6 Å². The number of rotatable bonds is 4. The minimum atomic E-state index is -0.976. The van der Waals surface area contributed by atoms with E-state index >= 15 is 0 Å². The SMILES string of the molecule is Cc1ccc(-c2nn(C)c(=O)o2)cc1-c1cnc(NC(=O)c2c(F)cccc2F)cn1. The van der Waals surface area contributed by atoms with Gasteiger partial charge in [-0.15, -0.1) is 5.10 Å². The van der Waals surface area contributed by atoms with Crippen molar-refractivity contribution in [3.63, 3.8) is 0 Å². The van der Waals surface area contributed by atoms with Crippen molar-refractivity contribution in [3.05, 3.63) is 82.1 Å². The molecule has 4 rings (SSSR count). The Morgan fingerprint density at radius 2 is 1.84 bits per heavy atom. The minimum Gasteiger partial charge on any atom is -0.388 e. The van der Waals surface area contributed by atoms with Crippen LogP contribution in [0.3, 0.4) is 0 Å². The fourth-order valence-electron chi connectivity index (χ4n) is 2.92. The van der Waals surface area contributed by atoms with E-state index in [0.717, 1.165) is 22.4 Å². The zero-order valence-electron chi connectivity index (χ0n) is 16.4. The average Bonchev–Trinajstić information content (AvgIpc) is 3.07. The molecule has 156 valence electrons. The zero-order valence-corrected chi connectivity index (χ0v) is 16.4. The number of nitrogens with zero attached hydrogens (tertiary/aromatic N) is 4. The van der Waals surface area contributed by atoms with Gasteiger partial charge < -0.3 is 9.73 Å². The van der Waals surface area contributed by atoms with Crippen molar-refractivity contribution in [3.8, 4) is 22.7 Å². The van der Waals surface area contributed by atoms with Gasteiger partial charge in [0.15, 0.2) is 5.82 Å². The van der Waals surface area contributed by atoms with Gasteiger partial charge in [0.25, 0.3) is 5.91 Å². The number of aryl methyl sites for hydroxylation is 2. The number of anilines is 1. The van der Waals surface area contributed by atoms with Crippen LogP contribution in [-0.4, -0.2) is 25.7 Å². The van der Waals surface area contributed by atoms with Crippen molar-refractivity contribution in [1.29, 1.82) is 0 Å². The van der Waals surface area contributed by atoms with Gasteiger partial charge in [-0.25, -0.2) is 18.6 Å². The Balaban J connectivity index is 1.60. The Labute approximate surface area is 174 Å². The molecule has 10 heteroatoms. The standard InChI is InChI=1S/C21H15F2N5O3/c1-11-6-7-12(20-27-28(2)21(30)31-20)8-13(11)16-9-25-17(10-24-16)26-19(29)18-14(22)4-3-5-15(18)23/h3-10H,1-2H3,(H,25,26,29). The second-order valence-electron chi connectivity index (χ2n) is 6.66. The van der Waals surface area contributed by atoms with Crippen molar-refractivity contribution in [1.82, 2.24) is 19.7 Å². The quantitative estimate of drug-likeness (QED) is 0.540. The normalized spacial score (nSPS) is 10.8. The van der Waals surface area contributed by atoms with Crippen LogP contribution in [0.4, 0.5) is 14.6 Å². The number of amides is 1. The number of hydrogen-bond acceptors (Lipinski definition) is 6. The summed E-state index contributed by atoms with van der Waals surface area (Å²) in [6.07, 6.45) is 2.69. The van der Waals surface area contributed by atoms with Crippen LogP contribution in [0.2, 0.25) is 0 Å². The molecule has 0 atom stereocenters. The van der Waals surface area contributed by atoms with E-state index in [1.165, 1.54) is 25.5 Å². The number of nitrogens with one attached hydrogen (secondary N) is 1. The van der Waals surface area contributed by atoms with E-state index in [1.807, 2.05) is 13.0 Å². The molecule has 0 aliphatic rings. The van der Waals surface area contributed by atoms with Crippen molar-refractivity contribution in [2.75, 3.05) is 5.32 Å². The van der Waals surface area contributed by atoms with Crippen molar-refractivity contribution in [2.45, 2.75) is 6.92 Å². The summed E-state index contributed by atoms with van der Waals surface area (Å²) in [5, 5.41) is 6.35. The van der Waals surface area contributed by atoms with Gasteiger partial charge in [0.1, 0.15) is 17.2 Å². The summed E-state index contributed by atoms with van der Waals surface area (Å²) in [7, 11) is 1.48. The molecule has 8 nitrogen and oxygen atoms in total. The summed E-state index contributed by atoms with van der Waals surface area (Å²) in [6, 6.07) is 8.48. The zero-order chi connectivity index (χ0) is 22.1. The highest BCUT2D eigenvalue weighted by Gasteiger charge is 2.18. The Morgan fingerprint density at radius 1 is 1.10 bits per heavy atom. The molecule has 4 aromatic rings. The molecular formula is C21H15F2N5O3. The third-order valence-electron chi connectivity index (χ3n) is 4.53. The van der Waals surface area contributed by atoms with Gasteiger partial charge in [0, 0.05) is 18.2 Å². The van der Waals surface area contributed by atoms with Crippen LogP contribution < -0.4 is 11.1 Å². The van der Waals surface area contributed by atoms with Crippen LogP contribution in [-0.2, 0) is 7.05 Å². The number of carbonyl (C=O) groups excluding carboxylic acids is 1. The summed E-state index contributed by atoms with van der Waals surface area (Å²) in [5.74, 6) is -3.31. The maximum atomic E-state index is 13.8. The molecule has 2 heterocycles. The highest BCUT2D eigenvalue weighted by molar-refractivity contribution is 6.04. The smallest absolute Gasteiger partial charge is 0.388 e.